The van der Waals surface area contributed by atoms with E-state index in [-0.39, 0.29) is 0 Å². The molecule has 1 fully saturated rings. The number of ether oxygens (including phenoxy) is 2. The molecule has 0 bridgehead atoms. The first kappa shape index (κ1) is 11.3. The Balaban J connectivity index is 1.75. The van der Waals surface area contributed by atoms with E-state index in [1.165, 1.54) is 6.42 Å². The van der Waals surface area contributed by atoms with Crippen molar-refractivity contribution < 1.29 is 9.47 Å². The molecular formula is C13H19NO2. The number of methoxy groups -OCH3 is 1. The Hall–Kier alpha value is -1.22. The van der Waals surface area contributed by atoms with Gasteiger partial charge in [-0.1, -0.05) is 6.07 Å². The van der Waals surface area contributed by atoms with Crippen LogP contribution in [0, 0.1) is 5.92 Å². The molecule has 0 aromatic heterocycles. The lowest BCUT2D eigenvalue weighted by atomic mass is 10.1. The van der Waals surface area contributed by atoms with Gasteiger partial charge < -0.3 is 14.8 Å². The molecule has 1 heterocycles. The third-order valence-electron chi connectivity index (χ3n) is 3.00. The molecule has 16 heavy (non-hydrogen) atoms. The fraction of sp³-hybridized carbons (Fsp3) is 0.538. The van der Waals surface area contributed by atoms with Crippen LogP contribution in [0.3, 0.4) is 0 Å². The third-order valence-corrected chi connectivity index (χ3v) is 3.00. The minimum atomic E-state index is 0.783. The van der Waals surface area contributed by atoms with Gasteiger partial charge in [0.25, 0.3) is 0 Å². The minimum Gasteiger partial charge on any atom is -0.497 e. The van der Waals surface area contributed by atoms with E-state index in [2.05, 4.69) is 5.32 Å². The normalized spacial score (nSPS) is 19.7. The summed E-state index contributed by atoms with van der Waals surface area (Å²) in [4.78, 5) is 0. The summed E-state index contributed by atoms with van der Waals surface area (Å²) in [7, 11) is 1.67. The Morgan fingerprint density at radius 2 is 2.25 bits per heavy atom. The molecule has 0 radical (unpaired) electrons. The molecular weight excluding hydrogens is 202 g/mol. The number of hydrogen-bond acceptors (Lipinski definition) is 3. The van der Waals surface area contributed by atoms with Gasteiger partial charge in [0.2, 0.25) is 0 Å². The van der Waals surface area contributed by atoms with Crippen molar-refractivity contribution in [1.29, 1.82) is 0 Å². The highest BCUT2D eigenvalue weighted by atomic mass is 16.5. The van der Waals surface area contributed by atoms with E-state index in [4.69, 9.17) is 9.47 Å². The Kier molecular flexibility index (Phi) is 4.05. The summed E-state index contributed by atoms with van der Waals surface area (Å²) in [6.45, 7) is 3.09. The molecule has 0 aliphatic carbocycles. The van der Waals surface area contributed by atoms with Crippen molar-refractivity contribution in [3.8, 4) is 11.5 Å². The molecule has 0 amide bonds. The highest BCUT2D eigenvalue weighted by Crippen LogP contribution is 2.20. The molecule has 1 unspecified atom stereocenters. The molecule has 0 spiro atoms. The first-order chi connectivity index (χ1) is 7.88. The number of hydrogen-bond donors (Lipinski definition) is 1. The Morgan fingerprint density at radius 1 is 1.38 bits per heavy atom. The van der Waals surface area contributed by atoms with Crippen molar-refractivity contribution in [2.24, 2.45) is 5.92 Å². The molecule has 1 aromatic rings. The largest absolute Gasteiger partial charge is 0.497 e. The van der Waals surface area contributed by atoms with Crippen molar-refractivity contribution in [2.75, 3.05) is 26.8 Å². The van der Waals surface area contributed by atoms with Crippen molar-refractivity contribution in [2.45, 2.75) is 12.8 Å². The molecule has 3 nitrogen and oxygen atoms in total. The molecule has 1 aromatic carbocycles. The second-order valence-corrected chi connectivity index (χ2v) is 4.17. The van der Waals surface area contributed by atoms with Crippen LogP contribution >= 0.6 is 0 Å². The monoisotopic (exact) mass is 221 g/mol. The first-order valence-electron chi connectivity index (χ1n) is 5.86. The van der Waals surface area contributed by atoms with Crippen LogP contribution in [0.2, 0.25) is 0 Å². The highest BCUT2D eigenvalue weighted by Gasteiger charge is 2.13. The first-order valence-corrected chi connectivity index (χ1v) is 5.86. The van der Waals surface area contributed by atoms with Gasteiger partial charge >= 0.3 is 0 Å². The SMILES string of the molecule is COc1cccc(OCCC2CCNC2)c1. The zero-order valence-corrected chi connectivity index (χ0v) is 9.74. The third kappa shape index (κ3) is 3.14. The zero-order chi connectivity index (χ0) is 11.2. The van der Waals surface area contributed by atoms with E-state index in [0.29, 0.717) is 0 Å². The Bertz CT molecular complexity index is 321. The van der Waals surface area contributed by atoms with Crippen LogP contribution in [0.15, 0.2) is 24.3 Å². The van der Waals surface area contributed by atoms with Gasteiger partial charge in [-0.15, -0.1) is 0 Å². The Morgan fingerprint density at radius 3 is 3.00 bits per heavy atom. The van der Waals surface area contributed by atoms with E-state index >= 15 is 0 Å². The van der Waals surface area contributed by atoms with E-state index in [1.807, 2.05) is 24.3 Å². The maximum absolute atomic E-state index is 5.70. The van der Waals surface area contributed by atoms with Crippen molar-refractivity contribution in [1.82, 2.24) is 5.32 Å². The average molecular weight is 221 g/mol. The number of rotatable bonds is 5. The summed E-state index contributed by atoms with van der Waals surface area (Å²) in [5.74, 6) is 2.52. The molecule has 1 aliphatic rings. The van der Waals surface area contributed by atoms with Gasteiger partial charge in [-0.2, -0.15) is 0 Å². The van der Waals surface area contributed by atoms with Crippen LogP contribution in [0.5, 0.6) is 11.5 Å². The van der Waals surface area contributed by atoms with Gasteiger partial charge in [-0.25, -0.2) is 0 Å². The van der Waals surface area contributed by atoms with Gasteiger partial charge in [0, 0.05) is 6.07 Å². The van der Waals surface area contributed by atoms with Crippen molar-refractivity contribution in [3.63, 3.8) is 0 Å². The maximum atomic E-state index is 5.70. The van der Waals surface area contributed by atoms with Gasteiger partial charge in [0.1, 0.15) is 11.5 Å². The summed E-state index contributed by atoms with van der Waals surface area (Å²) >= 11 is 0. The van der Waals surface area contributed by atoms with Crippen LogP contribution in [0.1, 0.15) is 12.8 Å². The second kappa shape index (κ2) is 5.75. The fourth-order valence-electron chi connectivity index (χ4n) is 2.00. The smallest absolute Gasteiger partial charge is 0.122 e. The predicted octanol–water partition coefficient (Wildman–Crippen LogP) is 2.07. The van der Waals surface area contributed by atoms with Gasteiger partial charge in [0.15, 0.2) is 0 Å². The molecule has 88 valence electrons. The van der Waals surface area contributed by atoms with Crippen LogP contribution < -0.4 is 14.8 Å². The molecule has 1 atom stereocenters. The van der Waals surface area contributed by atoms with Gasteiger partial charge in [-0.3, -0.25) is 0 Å². The summed E-state index contributed by atoms with van der Waals surface area (Å²) < 4.78 is 10.8. The lowest BCUT2D eigenvalue weighted by Crippen LogP contribution is -2.11. The molecule has 1 saturated heterocycles. The zero-order valence-electron chi connectivity index (χ0n) is 9.74. The van der Waals surface area contributed by atoms with Crippen LogP contribution in [-0.4, -0.2) is 26.8 Å². The summed E-state index contributed by atoms with van der Waals surface area (Å²) in [6.07, 6.45) is 2.41. The molecule has 3 heteroatoms. The minimum absolute atomic E-state index is 0.783. The topological polar surface area (TPSA) is 30.5 Å². The number of nitrogens with one attached hydrogen (secondary N) is 1. The Labute approximate surface area is 96.8 Å². The van der Waals surface area contributed by atoms with E-state index in [1.54, 1.807) is 7.11 Å². The standard InChI is InChI=1S/C13H19NO2/c1-15-12-3-2-4-13(9-12)16-8-6-11-5-7-14-10-11/h2-4,9,11,14H,5-8,10H2,1H3. The highest BCUT2D eigenvalue weighted by molar-refractivity contribution is 5.32. The number of benzene rings is 1. The lowest BCUT2D eigenvalue weighted by molar-refractivity contribution is 0.282. The maximum Gasteiger partial charge on any atom is 0.122 e. The molecule has 1 aliphatic heterocycles. The lowest BCUT2D eigenvalue weighted by Gasteiger charge is -2.10. The van der Waals surface area contributed by atoms with Crippen LogP contribution in [0.4, 0.5) is 0 Å². The van der Waals surface area contributed by atoms with Gasteiger partial charge in [-0.05, 0) is 44.0 Å². The molecule has 2 rings (SSSR count). The summed E-state index contributed by atoms with van der Waals surface area (Å²) in [5, 5.41) is 3.36. The van der Waals surface area contributed by atoms with Crippen LogP contribution in [-0.2, 0) is 0 Å². The summed E-state index contributed by atoms with van der Waals surface area (Å²) in [6, 6.07) is 7.77. The van der Waals surface area contributed by atoms with Crippen LogP contribution in [0.25, 0.3) is 0 Å². The summed E-state index contributed by atoms with van der Waals surface area (Å²) in [5.41, 5.74) is 0. The molecule has 1 N–H and O–H groups in total. The second-order valence-electron chi connectivity index (χ2n) is 4.17. The van der Waals surface area contributed by atoms with Gasteiger partial charge in [0.05, 0.1) is 13.7 Å². The predicted molar refractivity (Wildman–Crippen MR) is 64.1 cm³/mol. The van der Waals surface area contributed by atoms with E-state index in [0.717, 1.165) is 43.5 Å². The van der Waals surface area contributed by atoms with E-state index in [9.17, 15) is 0 Å². The van der Waals surface area contributed by atoms with E-state index < -0.39 is 0 Å². The van der Waals surface area contributed by atoms with Crippen molar-refractivity contribution in [3.05, 3.63) is 24.3 Å². The quantitative estimate of drug-likeness (QED) is 0.825. The molecule has 0 saturated carbocycles. The van der Waals surface area contributed by atoms with Crippen molar-refractivity contribution >= 4 is 0 Å². The fourth-order valence-corrected chi connectivity index (χ4v) is 2.00. The average Bonchev–Trinajstić information content (AvgIpc) is 2.82.